The Bertz CT molecular complexity index is 1240. The lowest BCUT2D eigenvalue weighted by molar-refractivity contribution is -0.118. The van der Waals surface area contributed by atoms with E-state index in [1.54, 1.807) is 37.3 Å². The number of piperazine rings is 1. The third kappa shape index (κ3) is 6.89. The topological polar surface area (TPSA) is 88.2 Å². The maximum absolute atomic E-state index is 12.8. The number of carbonyl (C=O) groups is 3. The van der Waals surface area contributed by atoms with Crippen molar-refractivity contribution in [1.82, 2.24) is 4.90 Å². The first-order valence-corrected chi connectivity index (χ1v) is 12.8. The molecule has 0 aromatic heterocycles. The number of hydrogen-bond acceptors (Lipinski definition) is 6. The van der Waals surface area contributed by atoms with Crippen molar-refractivity contribution >= 4 is 45.1 Å². The number of amides is 2. The highest BCUT2D eigenvalue weighted by molar-refractivity contribution is 9.10. The molecule has 8 nitrogen and oxygen atoms in total. The van der Waals surface area contributed by atoms with Gasteiger partial charge in [-0.1, -0.05) is 34.1 Å². The highest BCUT2D eigenvalue weighted by Crippen LogP contribution is 2.29. The van der Waals surface area contributed by atoms with Crippen LogP contribution in [-0.4, -0.2) is 62.1 Å². The molecule has 37 heavy (non-hydrogen) atoms. The van der Waals surface area contributed by atoms with Gasteiger partial charge < -0.3 is 24.6 Å². The van der Waals surface area contributed by atoms with Gasteiger partial charge >= 0.3 is 5.97 Å². The quantitative estimate of drug-likeness (QED) is 0.401. The van der Waals surface area contributed by atoms with Crippen LogP contribution in [0.4, 0.5) is 11.4 Å². The molecule has 192 valence electrons. The van der Waals surface area contributed by atoms with Crippen LogP contribution < -0.4 is 15.0 Å². The number of carbonyl (C=O) groups excluding carboxylic acids is 3. The van der Waals surface area contributed by atoms with Gasteiger partial charge in [0.1, 0.15) is 5.75 Å². The van der Waals surface area contributed by atoms with Gasteiger partial charge in [-0.15, -0.1) is 0 Å². The number of nitrogens with one attached hydrogen (secondary N) is 1. The smallest absolute Gasteiger partial charge is 0.338 e. The zero-order valence-corrected chi connectivity index (χ0v) is 22.1. The summed E-state index contributed by atoms with van der Waals surface area (Å²) in [5, 5.41) is 2.88. The second-order valence-corrected chi connectivity index (χ2v) is 9.30. The molecule has 0 unspecified atom stereocenters. The predicted molar refractivity (Wildman–Crippen MR) is 145 cm³/mol. The molecule has 0 saturated carbocycles. The van der Waals surface area contributed by atoms with Crippen LogP contribution in [0, 0.1) is 0 Å². The molecule has 0 radical (unpaired) electrons. The molecule has 3 aromatic carbocycles. The lowest BCUT2D eigenvalue weighted by atomic mass is 10.1. The minimum Gasteiger partial charge on any atom is -0.484 e. The van der Waals surface area contributed by atoms with E-state index in [2.05, 4.69) is 26.1 Å². The largest absolute Gasteiger partial charge is 0.484 e. The predicted octanol–water partition coefficient (Wildman–Crippen LogP) is 4.61. The Morgan fingerprint density at radius 2 is 1.59 bits per heavy atom. The Kier molecular flexibility index (Phi) is 8.79. The Labute approximate surface area is 224 Å². The van der Waals surface area contributed by atoms with Gasteiger partial charge in [0.2, 0.25) is 0 Å². The summed E-state index contributed by atoms with van der Waals surface area (Å²) in [6.07, 6.45) is 0. The van der Waals surface area contributed by atoms with Gasteiger partial charge in [0.15, 0.2) is 6.61 Å². The minimum absolute atomic E-state index is 0.00322. The van der Waals surface area contributed by atoms with Crippen molar-refractivity contribution in [2.45, 2.75) is 6.92 Å². The molecule has 0 atom stereocenters. The van der Waals surface area contributed by atoms with E-state index in [0.29, 0.717) is 48.7 Å². The first kappa shape index (κ1) is 26.2. The van der Waals surface area contributed by atoms with Gasteiger partial charge in [0, 0.05) is 36.2 Å². The van der Waals surface area contributed by atoms with E-state index in [-0.39, 0.29) is 25.0 Å². The van der Waals surface area contributed by atoms with Crippen LogP contribution in [0.1, 0.15) is 27.6 Å². The van der Waals surface area contributed by atoms with Crippen LogP contribution in [0.2, 0.25) is 0 Å². The van der Waals surface area contributed by atoms with Crippen molar-refractivity contribution in [3.05, 3.63) is 88.4 Å². The Balaban J connectivity index is 1.46. The molecule has 2 amide bonds. The molecule has 1 aliphatic rings. The maximum atomic E-state index is 12.8. The Hall–Kier alpha value is -3.85. The van der Waals surface area contributed by atoms with Crippen LogP contribution in [0.15, 0.2) is 77.3 Å². The fraction of sp³-hybridized carbons (Fsp3) is 0.250. The molecular formula is C28H28BrN3O5. The summed E-state index contributed by atoms with van der Waals surface area (Å²) >= 11 is 3.37. The molecule has 3 aromatic rings. The van der Waals surface area contributed by atoms with E-state index in [4.69, 9.17) is 9.47 Å². The lowest BCUT2D eigenvalue weighted by Gasteiger charge is -2.37. The van der Waals surface area contributed by atoms with Crippen molar-refractivity contribution < 1.29 is 23.9 Å². The fourth-order valence-electron chi connectivity index (χ4n) is 4.03. The first-order chi connectivity index (χ1) is 17.9. The number of benzene rings is 3. The van der Waals surface area contributed by atoms with E-state index >= 15 is 0 Å². The summed E-state index contributed by atoms with van der Waals surface area (Å²) in [6, 6.07) is 21.5. The van der Waals surface area contributed by atoms with Gasteiger partial charge in [0.05, 0.1) is 23.5 Å². The standard InChI is InChI=1S/C28H28BrN3O5/c1-2-36-28(35)21-8-13-25(24(18-21)30-26(33)19-37-23-11-9-22(29)10-12-23)31-14-16-32(17-15-31)27(34)20-6-4-3-5-7-20/h3-13,18H,2,14-17,19H2,1H3,(H,30,33). The van der Waals surface area contributed by atoms with Crippen molar-refractivity contribution in [3.63, 3.8) is 0 Å². The molecular weight excluding hydrogens is 538 g/mol. The normalized spacial score (nSPS) is 13.1. The third-order valence-electron chi connectivity index (χ3n) is 5.89. The summed E-state index contributed by atoms with van der Waals surface area (Å²) in [6.45, 7) is 4.03. The van der Waals surface area contributed by atoms with Crippen LogP contribution in [0.25, 0.3) is 0 Å². The number of anilines is 2. The number of halogens is 1. The monoisotopic (exact) mass is 565 g/mol. The van der Waals surface area contributed by atoms with E-state index in [1.807, 2.05) is 47.4 Å². The molecule has 1 fully saturated rings. The molecule has 1 aliphatic heterocycles. The Morgan fingerprint density at radius 3 is 2.27 bits per heavy atom. The van der Waals surface area contributed by atoms with Crippen LogP contribution in [-0.2, 0) is 9.53 Å². The number of ether oxygens (including phenoxy) is 2. The summed E-state index contributed by atoms with van der Waals surface area (Å²) < 4.78 is 11.6. The van der Waals surface area contributed by atoms with Crippen LogP contribution in [0.5, 0.6) is 5.75 Å². The van der Waals surface area contributed by atoms with E-state index in [0.717, 1.165) is 10.2 Å². The van der Waals surface area contributed by atoms with Gasteiger partial charge in [-0.25, -0.2) is 4.79 Å². The lowest BCUT2D eigenvalue weighted by Crippen LogP contribution is -2.49. The molecule has 1 N–H and O–H groups in total. The average molecular weight is 566 g/mol. The van der Waals surface area contributed by atoms with Crippen molar-refractivity contribution in [3.8, 4) is 5.75 Å². The van der Waals surface area contributed by atoms with Gasteiger partial charge in [-0.3, -0.25) is 9.59 Å². The molecule has 0 bridgehead atoms. The fourth-order valence-corrected chi connectivity index (χ4v) is 4.30. The maximum Gasteiger partial charge on any atom is 0.338 e. The van der Waals surface area contributed by atoms with Gasteiger partial charge in [0.25, 0.3) is 11.8 Å². The van der Waals surface area contributed by atoms with Crippen molar-refractivity contribution in [1.29, 1.82) is 0 Å². The summed E-state index contributed by atoms with van der Waals surface area (Å²) in [5.41, 5.74) is 2.25. The molecule has 4 rings (SSSR count). The van der Waals surface area contributed by atoms with E-state index < -0.39 is 5.97 Å². The van der Waals surface area contributed by atoms with Crippen molar-refractivity contribution in [2.75, 3.05) is 49.6 Å². The van der Waals surface area contributed by atoms with Crippen molar-refractivity contribution in [2.24, 2.45) is 0 Å². The SMILES string of the molecule is CCOC(=O)c1ccc(N2CCN(C(=O)c3ccccc3)CC2)c(NC(=O)COc2ccc(Br)cc2)c1. The van der Waals surface area contributed by atoms with E-state index in [9.17, 15) is 14.4 Å². The second-order valence-electron chi connectivity index (χ2n) is 8.39. The summed E-state index contributed by atoms with van der Waals surface area (Å²) in [5.74, 6) is -0.258. The third-order valence-corrected chi connectivity index (χ3v) is 6.42. The molecule has 9 heteroatoms. The van der Waals surface area contributed by atoms with E-state index in [1.165, 1.54) is 0 Å². The molecule has 0 spiro atoms. The first-order valence-electron chi connectivity index (χ1n) is 12.0. The summed E-state index contributed by atoms with van der Waals surface area (Å²) in [4.78, 5) is 41.8. The number of rotatable bonds is 8. The summed E-state index contributed by atoms with van der Waals surface area (Å²) in [7, 11) is 0. The molecule has 0 aliphatic carbocycles. The average Bonchev–Trinajstić information content (AvgIpc) is 2.93. The van der Waals surface area contributed by atoms with Crippen LogP contribution in [0.3, 0.4) is 0 Å². The molecule has 1 saturated heterocycles. The van der Waals surface area contributed by atoms with Crippen LogP contribution >= 0.6 is 15.9 Å². The minimum atomic E-state index is -0.464. The highest BCUT2D eigenvalue weighted by Gasteiger charge is 2.24. The van der Waals surface area contributed by atoms with Gasteiger partial charge in [-0.2, -0.15) is 0 Å². The zero-order chi connectivity index (χ0) is 26.2. The Morgan fingerprint density at radius 1 is 0.892 bits per heavy atom. The number of nitrogens with zero attached hydrogens (tertiary/aromatic N) is 2. The second kappa shape index (κ2) is 12.4. The van der Waals surface area contributed by atoms with Gasteiger partial charge in [-0.05, 0) is 61.5 Å². The molecule has 1 heterocycles. The zero-order valence-electron chi connectivity index (χ0n) is 20.5. The highest BCUT2D eigenvalue weighted by atomic mass is 79.9. The number of esters is 1. The number of hydrogen-bond donors (Lipinski definition) is 1.